The number of rotatable bonds is 5. The summed E-state index contributed by atoms with van der Waals surface area (Å²) < 4.78 is 29.4. The predicted octanol–water partition coefficient (Wildman–Crippen LogP) is 1.45. The molecule has 1 aliphatic heterocycles. The van der Waals surface area contributed by atoms with E-state index in [2.05, 4.69) is 15.5 Å². The van der Waals surface area contributed by atoms with Crippen molar-refractivity contribution in [2.45, 2.75) is 10.8 Å². The maximum absolute atomic E-state index is 13.2. The molecule has 1 fully saturated rings. The van der Waals surface area contributed by atoms with E-state index in [4.69, 9.17) is 5.73 Å². The van der Waals surface area contributed by atoms with Gasteiger partial charge < -0.3 is 5.73 Å². The summed E-state index contributed by atoms with van der Waals surface area (Å²) in [4.78, 5) is 0.222. The van der Waals surface area contributed by atoms with E-state index in [0.717, 1.165) is 5.56 Å². The fourth-order valence-electron chi connectivity index (χ4n) is 3.56. The lowest BCUT2D eigenvalue weighted by Gasteiger charge is -2.17. The van der Waals surface area contributed by atoms with Crippen molar-refractivity contribution in [3.05, 3.63) is 66.5 Å². The maximum atomic E-state index is 13.2. The van der Waals surface area contributed by atoms with Gasteiger partial charge in [-0.1, -0.05) is 36.4 Å². The number of sulfonamides is 1. The van der Waals surface area contributed by atoms with Crippen molar-refractivity contribution in [1.82, 2.24) is 24.5 Å². The van der Waals surface area contributed by atoms with Crippen molar-refractivity contribution in [3.8, 4) is 5.69 Å². The highest BCUT2D eigenvalue weighted by atomic mass is 35.5. The third-order valence-electron chi connectivity index (χ3n) is 5.01. The first-order valence-electron chi connectivity index (χ1n) is 8.68. The molecule has 0 saturated carbocycles. The quantitative estimate of drug-likeness (QED) is 0.669. The lowest BCUT2D eigenvalue weighted by molar-refractivity contribution is 0.459. The molecule has 2 aromatic carbocycles. The minimum Gasteiger partial charge on any atom is -0.330 e. The molecule has 2 atom stereocenters. The van der Waals surface area contributed by atoms with Gasteiger partial charge in [0.05, 0.1) is 10.6 Å². The number of hydrogen-bond donors (Lipinski definition) is 1. The van der Waals surface area contributed by atoms with Crippen LogP contribution in [0, 0.1) is 5.92 Å². The van der Waals surface area contributed by atoms with Gasteiger partial charge in [-0.3, -0.25) is 0 Å². The van der Waals surface area contributed by atoms with E-state index in [-0.39, 0.29) is 29.1 Å². The molecule has 148 valence electrons. The Labute approximate surface area is 169 Å². The summed E-state index contributed by atoms with van der Waals surface area (Å²) in [5.41, 5.74) is 7.66. The minimum atomic E-state index is -3.64. The van der Waals surface area contributed by atoms with E-state index in [1.165, 1.54) is 15.3 Å². The summed E-state index contributed by atoms with van der Waals surface area (Å²) >= 11 is 0. The monoisotopic (exact) mass is 420 g/mol. The second-order valence-corrected chi connectivity index (χ2v) is 8.52. The van der Waals surface area contributed by atoms with Crippen molar-refractivity contribution >= 4 is 22.4 Å². The zero-order valence-electron chi connectivity index (χ0n) is 15.0. The highest BCUT2D eigenvalue weighted by Crippen LogP contribution is 2.35. The number of hydrogen-bond acceptors (Lipinski definition) is 6. The van der Waals surface area contributed by atoms with Crippen molar-refractivity contribution in [2.75, 3.05) is 19.6 Å². The van der Waals surface area contributed by atoms with Crippen molar-refractivity contribution in [1.29, 1.82) is 0 Å². The van der Waals surface area contributed by atoms with E-state index in [0.29, 0.717) is 25.3 Å². The van der Waals surface area contributed by atoms with Gasteiger partial charge in [-0.15, -0.1) is 17.5 Å². The molecule has 3 aromatic rings. The summed E-state index contributed by atoms with van der Waals surface area (Å²) in [6, 6.07) is 16.6. The van der Waals surface area contributed by atoms with Crippen LogP contribution in [0.25, 0.3) is 5.69 Å². The standard InChI is InChI=1S/C18H20N6O2S.ClH/c19-10-15-11-23(12-18(15)14-5-2-1-3-6-14)27(25,26)17-8-4-7-16(9-17)24-13-20-21-22-24;/h1-9,13,15,18H,10-12,19H2;1H/t15-,18+;/m1./s1. The highest BCUT2D eigenvalue weighted by molar-refractivity contribution is 7.89. The second kappa shape index (κ2) is 8.36. The van der Waals surface area contributed by atoms with Crippen LogP contribution in [0.5, 0.6) is 0 Å². The summed E-state index contributed by atoms with van der Waals surface area (Å²) in [7, 11) is -3.64. The van der Waals surface area contributed by atoms with Crippen LogP contribution in [0.1, 0.15) is 11.5 Å². The molecule has 10 heteroatoms. The van der Waals surface area contributed by atoms with Gasteiger partial charge in [0, 0.05) is 19.0 Å². The van der Waals surface area contributed by atoms with E-state index in [1.54, 1.807) is 24.3 Å². The Morgan fingerprint density at radius 2 is 1.86 bits per heavy atom. The van der Waals surface area contributed by atoms with Crippen LogP contribution in [0.2, 0.25) is 0 Å². The lowest BCUT2D eigenvalue weighted by atomic mass is 9.89. The van der Waals surface area contributed by atoms with Crippen LogP contribution in [-0.2, 0) is 10.0 Å². The first-order valence-corrected chi connectivity index (χ1v) is 10.1. The Kier molecular flexibility index (Phi) is 6.09. The van der Waals surface area contributed by atoms with Crippen molar-refractivity contribution < 1.29 is 8.42 Å². The van der Waals surface area contributed by atoms with Gasteiger partial charge in [-0.25, -0.2) is 13.1 Å². The number of nitrogens with two attached hydrogens (primary N) is 1. The molecule has 0 spiro atoms. The van der Waals surface area contributed by atoms with Crippen molar-refractivity contribution in [2.24, 2.45) is 11.7 Å². The van der Waals surface area contributed by atoms with E-state index in [1.807, 2.05) is 30.3 Å². The van der Waals surface area contributed by atoms with Gasteiger partial charge in [0.25, 0.3) is 0 Å². The smallest absolute Gasteiger partial charge is 0.243 e. The molecule has 4 rings (SSSR count). The van der Waals surface area contributed by atoms with Gasteiger partial charge >= 0.3 is 0 Å². The van der Waals surface area contributed by atoms with Crippen LogP contribution in [0.4, 0.5) is 0 Å². The number of tetrazole rings is 1. The van der Waals surface area contributed by atoms with Crippen LogP contribution >= 0.6 is 12.4 Å². The molecular formula is C18H21ClN6O2S. The van der Waals surface area contributed by atoms with Crippen LogP contribution in [-0.4, -0.2) is 52.6 Å². The average molecular weight is 421 g/mol. The molecule has 0 aliphatic carbocycles. The Bertz CT molecular complexity index is 1010. The zero-order chi connectivity index (χ0) is 18.9. The summed E-state index contributed by atoms with van der Waals surface area (Å²) in [5.74, 6) is 0.179. The number of aromatic nitrogens is 4. The van der Waals surface area contributed by atoms with Gasteiger partial charge in [0.2, 0.25) is 10.0 Å². The van der Waals surface area contributed by atoms with E-state index < -0.39 is 10.0 Å². The Hall–Kier alpha value is -2.33. The summed E-state index contributed by atoms with van der Waals surface area (Å²) in [6.45, 7) is 1.27. The molecule has 8 nitrogen and oxygen atoms in total. The van der Waals surface area contributed by atoms with Crippen LogP contribution in [0.15, 0.2) is 65.8 Å². The molecule has 1 saturated heterocycles. The Morgan fingerprint density at radius 1 is 1.07 bits per heavy atom. The van der Waals surface area contributed by atoms with Gasteiger partial charge in [0.15, 0.2) is 0 Å². The molecule has 0 amide bonds. The van der Waals surface area contributed by atoms with Gasteiger partial charge in [-0.05, 0) is 46.7 Å². The zero-order valence-corrected chi connectivity index (χ0v) is 16.6. The fraction of sp³-hybridized carbons (Fsp3) is 0.278. The van der Waals surface area contributed by atoms with E-state index in [9.17, 15) is 8.42 Å². The third-order valence-corrected chi connectivity index (χ3v) is 6.83. The third kappa shape index (κ3) is 3.79. The van der Waals surface area contributed by atoms with Crippen molar-refractivity contribution in [3.63, 3.8) is 0 Å². The molecule has 28 heavy (non-hydrogen) atoms. The number of nitrogens with zero attached hydrogens (tertiary/aromatic N) is 5. The van der Waals surface area contributed by atoms with Crippen LogP contribution in [0.3, 0.4) is 0 Å². The number of benzene rings is 2. The van der Waals surface area contributed by atoms with E-state index >= 15 is 0 Å². The molecule has 2 heterocycles. The van der Waals surface area contributed by atoms with Crippen LogP contribution < -0.4 is 5.73 Å². The number of halogens is 1. The molecule has 0 radical (unpaired) electrons. The fourth-order valence-corrected chi connectivity index (χ4v) is 5.12. The molecule has 1 aromatic heterocycles. The first-order chi connectivity index (χ1) is 13.1. The molecule has 0 bridgehead atoms. The topological polar surface area (TPSA) is 107 Å². The average Bonchev–Trinajstić information content (AvgIpc) is 3.39. The second-order valence-electron chi connectivity index (χ2n) is 6.59. The Morgan fingerprint density at radius 3 is 2.54 bits per heavy atom. The first kappa shape index (κ1) is 20.4. The van der Waals surface area contributed by atoms with Gasteiger partial charge in [-0.2, -0.15) is 4.31 Å². The predicted molar refractivity (Wildman–Crippen MR) is 107 cm³/mol. The molecule has 2 N–H and O–H groups in total. The molecule has 0 unspecified atom stereocenters. The highest BCUT2D eigenvalue weighted by Gasteiger charge is 2.39. The van der Waals surface area contributed by atoms with Gasteiger partial charge in [0.1, 0.15) is 6.33 Å². The molecular weight excluding hydrogens is 400 g/mol. The largest absolute Gasteiger partial charge is 0.330 e. The Balaban J connectivity index is 0.00000225. The molecule has 1 aliphatic rings. The minimum absolute atomic E-state index is 0. The summed E-state index contributed by atoms with van der Waals surface area (Å²) in [5, 5.41) is 11.0. The SMILES string of the molecule is Cl.NC[C@@H]1CN(S(=O)(=O)c2cccc(-n3cnnn3)c2)C[C@H]1c1ccccc1. The lowest BCUT2D eigenvalue weighted by Crippen LogP contribution is -2.30. The summed E-state index contributed by atoms with van der Waals surface area (Å²) in [6.07, 6.45) is 1.43. The normalized spacial score (nSPS) is 20.0. The maximum Gasteiger partial charge on any atom is 0.243 e.